The maximum absolute atomic E-state index is 14.5. The molecular formula is C19H23FN4O. The predicted molar refractivity (Wildman–Crippen MR) is 95.1 cm³/mol. The molecule has 1 aromatic carbocycles. The molecule has 4 rings (SSSR count). The molecule has 132 valence electrons. The molecule has 1 atom stereocenters. The number of carbonyl (C=O) groups is 1. The molecule has 0 spiro atoms. The third-order valence-corrected chi connectivity index (χ3v) is 5.34. The van der Waals surface area contributed by atoms with Crippen molar-refractivity contribution in [1.29, 1.82) is 0 Å². The van der Waals surface area contributed by atoms with Crippen molar-refractivity contribution in [3.8, 4) is 0 Å². The Balaban J connectivity index is 1.59. The molecule has 2 aromatic rings. The molecule has 2 aliphatic rings. The summed E-state index contributed by atoms with van der Waals surface area (Å²) in [5, 5.41) is 4.80. The van der Waals surface area contributed by atoms with Crippen LogP contribution in [0, 0.1) is 5.82 Å². The van der Waals surface area contributed by atoms with Crippen molar-refractivity contribution in [2.75, 3.05) is 39.3 Å². The van der Waals surface area contributed by atoms with Crippen LogP contribution in [0.2, 0.25) is 0 Å². The average Bonchev–Trinajstić information content (AvgIpc) is 2.68. The second-order valence-electron chi connectivity index (χ2n) is 6.85. The maximum atomic E-state index is 14.5. The molecule has 0 saturated carbocycles. The van der Waals surface area contributed by atoms with Gasteiger partial charge in [0.25, 0.3) is 5.91 Å². The number of nitrogens with zero attached hydrogens (tertiary/aromatic N) is 3. The Morgan fingerprint density at radius 1 is 1.20 bits per heavy atom. The van der Waals surface area contributed by atoms with E-state index in [2.05, 4.69) is 15.2 Å². The van der Waals surface area contributed by atoms with E-state index in [0.29, 0.717) is 24.5 Å². The van der Waals surface area contributed by atoms with Gasteiger partial charge in [-0.1, -0.05) is 6.07 Å². The molecule has 1 aromatic heterocycles. The molecule has 1 amide bonds. The normalized spacial score (nSPS) is 22.3. The highest BCUT2D eigenvalue weighted by Crippen LogP contribution is 2.25. The highest BCUT2D eigenvalue weighted by atomic mass is 19.1. The first-order chi connectivity index (χ1) is 12.2. The highest BCUT2D eigenvalue weighted by Gasteiger charge is 2.30. The van der Waals surface area contributed by atoms with Gasteiger partial charge in [0.2, 0.25) is 0 Å². The van der Waals surface area contributed by atoms with Gasteiger partial charge in [-0.05, 0) is 30.4 Å². The standard InChI is InChI=1S/C19H23FN4O/c20-17-4-3-14-5-6-22-12-16(14)18(17)19(25)24-9-1-2-15(13-24)23-10-7-21-8-11-23/h3-6,12,15,21H,1-2,7-11,13H2. The number of aromatic nitrogens is 1. The maximum Gasteiger partial charge on any atom is 0.257 e. The van der Waals surface area contributed by atoms with E-state index >= 15 is 0 Å². The third kappa shape index (κ3) is 3.24. The van der Waals surface area contributed by atoms with E-state index in [1.807, 2.05) is 11.0 Å². The van der Waals surface area contributed by atoms with Crippen LogP contribution in [0.25, 0.3) is 10.8 Å². The summed E-state index contributed by atoms with van der Waals surface area (Å²) in [5.74, 6) is -0.675. The predicted octanol–water partition coefficient (Wildman–Crippen LogP) is 1.88. The minimum absolute atomic E-state index is 0.159. The number of hydrogen-bond donors (Lipinski definition) is 1. The summed E-state index contributed by atoms with van der Waals surface area (Å²) in [6.45, 7) is 5.38. The minimum atomic E-state index is -0.463. The molecule has 0 radical (unpaired) electrons. The molecule has 3 heterocycles. The van der Waals surface area contributed by atoms with E-state index in [9.17, 15) is 9.18 Å². The van der Waals surface area contributed by atoms with Crippen molar-refractivity contribution < 1.29 is 9.18 Å². The van der Waals surface area contributed by atoms with Crippen LogP contribution in [0.1, 0.15) is 23.2 Å². The molecule has 25 heavy (non-hydrogen) atoms. The number of carbonyl (C=O) groups excluding carboxylic acids is 1. The number of likely N-dealkylation sites (tertiary alicyclic amines) is 1. The van der Waals surface area contributed by atoms with Gasteiger partial charge in [-0.2, -0.15) is 0 Å². The zero-order chi connectivity index (χ0) is 17.2. The van der Waals surface area contributed by atoms with Gasteiger partial charge in [0.05, 0.1) is 5.56 Å². The Hall–Kier alpha value is -2.05. The number of rotatable bonds is 2. The Morgan fingerprint density at radius 3 is 2.88 bits per heavy atom. The van der Waals surface area contributed by atoms with Crippen molar-refractivity contribution in [3.63, 3.8) is 0 Å². The topological polar surface area (TPSA) is 48.5 Å². The number of piperazine rings is 1. The Labute approximate surface area is 146 Å². The molecule has 1 N–H and O–H groups in total. The fraction of sp³-hybridized carbons (Fsp3) is 0.474. The second kappa shape index (κ2) is 7.06. The monoisotopic (exact) mass is 342 g/mol. The molecule has 0 bridgehead atoms. The van der Waals surface area contributed by atoms with Crippen molar-refractivity contribution in [3.05, 3.63) is 42.0 Å². The molecule has 5 nitrogen and oxygen atoms in total. The lowest BCUT2D eigenvalue weighted by atomic mass is 10.00. The number of amides is 1. The number of halogens is 1. The molecule has 2 aliphatic heterocycles. The largest absolute Gasteiger partial charge is 0.337 e. The van der Waals surface area contributed by atoms with Crippen LogP contribution in [-0.4, -0.2) is 66.0 Å². The fourth-order valence-electron chi connectivity index (χ4n) is 3.99. The van der Waals surface area contributed by atoms with Crippen LogP contribution in [0.5, 0.6) is 0 Å². The minimum Gasteiger partial charge on any atom is -0.337 e. The first-order valence-corrected chi connectivity index (χ1v) is 9.00. The van der Waals surface area contributed by atoms with Crippen molar-refractivity contribution in [2.45, 2.75) is 18.9 Å². The van der Waals surface area contributed by atoms with Gasteiger partial charge in [0.15, 0.2) is 0 Å². The van der Waals surface area contributed by atoms with Gasteiger partial charge in [0.1, 0.15) is 5.82 Å². The van der Waals surface area contributed by atoms with E-state index in [1.54, 1.807) is 18.5 Å². The van der Waals surface area contributed by atoms with Gasteiger partial charge >= 0.3 is 0 Å². The van der Waals surface area contributed by atoms with Crippen LogP contribution in [-0.2, 0) is 0 Å². The third-order valence-electron chi connectivity index (χ3n) is 5.34. The number of pyridine rings is 1. The Morgan fingerprint density at radius 2 is 2.04 bits per heavy atom. The zero-order valence-corrected chi connectivity index (χ0v) is 14.2. The summed E-state index contributed by atoms with van der Waals surface area (Å²) < 4.78 is 14.5. The molecular weight excluding hydrogens is 319 g/mol. The Bertz CT molecular complexity index is 775. The second-order valence-corrected chi connectivity index (χ2v) is 6.85. The summed E-state index contributed by atoms with van der Waals surface area (Å²) >= 11 is 0. The highest BCUT2D eigenvalue weighted by molar-refractivity contribution is 6.07. The van der Waals surface area contributed by atoms with Crippen LogP contribution < -0.4 is 5.32 Å². The van der Waals surface area contributed by atoms with Crippen LogP contribution in [0.3, 0.4) is 0 Å². The summed E-state index contributed by atoms with van der Waals surface area (Å²) in [5.41, 5.74) is 0.159. The first kappa shape index (κ1) is 16.4. The molecule has 6 heteroatoms. The SMILES string of the molecule is O=C(c1c(F)ccc2ccncc12)N1CCCC(N2CCNCC2)C1. The number of piperidine rings is 1. The quantitative estimate of drug-likeness (QED) is 0.905. The molecule has 2 saturated heterocycles. The molecule has 0 aliphatic carbocycles. The van der Waals surface area contributed by atoms with Crippen LogP contribution in [0.15, 0.2) is 30.6 Å². The number of nitrogens with one attached hydrogen (secondary N) is 1. The first-order valence-electron chi connectivity index (χ1n) is 9.00. The fourth-order valence-corrected chi connectivity index (χ4v) is 3.99. The number of hydrogen-bond acceptors (Lipinski definition) is 4. The van der Waals surface area contributed by atoms with Gasteiger partial charge < -0.3 is 10.2 Å². The van der Waals surface area contributed by atoms with E-state index in [1.165, 1.54) is 6.07 Å². The smallest absolute Gasteiger partial charge is 0.257 e. The van der Waals surface area contributed by atoms with Gasteiger partial charge in [-0.25, -0.2) is 4.39 Å². The lowest BCUT2D eigenvalue weighted by molar-refractivity contribution is 0.0549. The summed E-state index contributed by atoms with van der Waals surface area (Å²) in [6, 6.07) is 5.26. The van der Waals surface area contributed by atoms with Gasteiger partial charge in [0, 0.05) is 63.1 Å². The summed E-state index contributed by atoms with van der Waals surface area (Å²) in [4.78, 5) is 21.4. The lowest BCUT2D eigenvalue weighted by Gasteiger charge is -2.41. The molecule has 1 unspecified atom stereocenters. The van der Waals surface area contributed by atoms with Crippen LogP contribution in [0.4, 0.5) is 4.39 Å². The average molecular weight is 342 g/mol. The lowest BCUT2D eigenvalue weighted by Crippen LogP contribution is -2.55. The van der Waals surface area contributed by atoms with Crippen molar-refractivity contribution in [2.24, 2.45) is 0 Å². The molecule has 2 fully saturated rings. The van der Waals surface area contributed by atoms with E-state index in [4.69, 9.17) is 0 Å². The number of fused-ring (bicyclic) bond motifs is 1. The van der Waals surface area contributed by atoms with E-state index < -0.39 is 5.82 Å². The van der Waals surface area contributed by atoms with Crippen molar-refractivity contribution >= 4 is 16.7 Å². The van der Waals surface area contributed by atoms with Gasteiger partial charge in [-0.3, -0.25) is 14.7 Å². The van der Waals surface area contributed by atoms with Crippen molar-refractivity contribution in [1.82, 2.24) is 20.1 Å². The summed E-state index contributed by atoms with van der Waals surface area (Å²) in [7, 11) is 0. The van der Waals surface area contributed by atoms with Gasteiger partial charge in [-0.15, -0.1) is 0 Å². The zero-order valence-electron chi connectivity index (χ0n) is 14.2. The van der Waals surface area contributed by atoms with E-state index in [0.717, 1.165) is 44.4 Å². The van der Waals surface area contributed by atoms with E-state index in [-0.39, 0.29) is 11.5 Å². The summed E-state index contributed by atoms with van der Waals surface area (Å²) in [6.07, 6.45) is 5.31. The number of benzene rings is 1. The van der Waals surface area contributed by atoms with Crippen LogP contribution >= 0.6 is 0 Å². The Kier molecular flexibility index (Phi) is 4.63.